The minimum atomic E-state index is -0.163. The summed E-state index contributed by atoms with van der Waals surface area (Å²) in [6.45, 7) is 6.76. The summed E-state index contributed by atoms with van der Waals surface area (Å²) in [6, 6.07) is 25.9. The molecule has 5 aromatic rings. The first-order valence-electron chi connectivity index (χ1n) is 13.8. The number of carbonyl (C=O) groups excluding carboxylic acids is 1. The quantitative estimate of drug-likeness (QED) is 0.226. The number of aromatic nitrogens is 3. The van der Waals surface area contributed by atoms with E-state index in [1.54, 1.807) is 6.20 Å². The van der Waals surface area contributed by atoms with Crippen LogP contribution < -0.4 is 10.6 Å². The maximum atomic E-state index is 13.2. The van der Waals surface area contributed by atoms with Gasteiger partial charge in [0.1, 0.15) is 5.82 Å². The molecule has 0 unspecified atom stereocenters. The van der Waals surface area contributed by atoms with Crippen LogP contribution in [0.25, 0.3) is 16.6 Å². The normalized spacial score (nSPS) is 16.7. The molecular weight excluding hydrogens is 528 g/mol. The Morgan fingerprint density at radius 1 is 0.951 bits per heavy atom. The molecule has 1 aliphatic rings. The average Bonchev–Trinajstić information content (AvgIpc) is 3.47. The molecule has 206 valence electrons. The minimum absolute atomic E-state index is 0.0567. The first-order valence-corrected chi connectivity index (χ1v) is 14.2. The van der Waals surface area contributed by atoms with Crippen molar-refractivity contribution in [2.24, 2.45) is 0 Å². The molecule has 3 aromatic heterocycles. The lowest BCUT2D eigenvalue weighted by Crippen LogP contribution is -2.33. The predicted octanol–water partition coefficient (Wildman–Crippen LogP) is 6.35. The molecule has 0 radical (unpaired) electrons. The average molecular weight is 561 g/mol. The van der Waals surface area contributed by atoms with Crippen molar-refractivity contribution >= 4 is 39.7 Å². The van der Waals surface area contributed by atoms with Crippen molar-refractivity contribution in [1.29, 1.82) is 0 Å². The third-order valence-electron chi connectivity index (χ3n) is 7.82. The first kappa shape index (κ1) is 26.7. The molecule has 1 fully saturated rings. The topological polar surface area (TPSA) is 75.1 Å². The van der Waals surface area contributed by atoms with E-state index in [2.05, 4.69) is 63.0 Å². The Bertz CT molecular complexity index is 1740. The number of benzene rings is 2. The van der Waals surface area contributed by atoms with Gasteiger partial charge in [-0.25, -0.2) is 4.98 Å². The monoisotopic (exact) mass is 560 g/mol. The van der Waals surface area contributed by atoms with Crippen LogP contribution in [0.4, 0.5) is 5.69 Å². The zero-order valence-electron chi connectivity index (χ0n) is 23.3. The standard InChI is InChI=1S/C33H32N6OS/c1-21-10-9-18-35-32(21)39-22(2)20-26(23(39)3)31-30(28-14-6-7-17-34-28)37-33(41)38(31)19-16-29(40)36-27-15-8-12-24-11-4-5-13-25(24)27/h4-15,17-18,20,30-31H,16,19H2,1-3H3,(H,36,40)(H,37,41)/t30-,31-/m0/s1. The minimum Gasteiger partial charge on any atom is -0.352 e. The van der Waals surface area contributed by atoms with Gasteiger partial charge in [0.25, 0.3) is 0 Å². The van der Waals surface area contributed by atoms with Gasteiger partial charge in [0, 0.05) is 47.8 Å². The molecule has 0 spiro atoms. The van der Waals surface area contributed by atoms with Crippen LogP contribution in [0.1, 0.15) is 46.7 Å². The second-order valence-electron chi connectivity index (χ2n) is 10.5. The molecule has 2 atom stereocenters. The summed E-state index contributed by atoms with van der Waals surface area (Å²) in [5.41, 5.74) is 6.13. The molecule has 7 nitrogen and oxygen atoms in total. The lowest BCUT2D eigenvalue weighted by Gasteiger charge is -2.28. The molecule has 4 heterocycles. The van der Waals surface area contributed by atoms with Gasteiger partial charge in [-0.2, -0.15) is 0 Å². The smallest absolute Gasteiger partial charge is 0.226 e. The number of aryl methyl sites for hydroxylation is 2. The summed E-state index contributed by atoms with van der Waals surface area (Å²) in [4.78, 5) is 24.7. The molecular formula is C33H32N6OS. The summed E-state index contributed by atoms with van der Waals surface area (Å²) in [5.74, 6) is 0.858. The number of nitrogens with zero attached hydrogens (tertiary/aromatic N) is 4. The number of pyridine rings is 2. The highest BCUT2D eigenvalue weighted by Crippen LogP contribution is 2.41. The number of carbonyl (C=O) groups is 1. The van der Waals surface area contributed by atoms with E-state index in [-0.39, 0.29) is 24.4 Å². The van der Waals surface area contributed by atoms with Crippen molar-refractivity contribution in [2.75, 3.05) is 11.9 Å². The van der Waals surface area contributed by atoms with Gasteiger partial charge in [-0.05, 0) is 79.8 Å². The van der Waals surface area contributed by atoms with E-state index < -0.39 is 0 Å². The maximum Gasteiger partial charge on any atom is 0.226 e. The molecule has 0 saturated carbocycles. The van der Waals surface area contributed by atoms with Crippen molar-refractivity contribution in [3.63, 3.8) is 0 Å². The SMILES string of the molecule is Cc1cccnc1-n1c(C)cc([C@H]2[C@H](c3ccccn3)NC(=S)N2CCC(=O)Nc2cccc3ccccc23)c1C. The summed E-state index contributed by atoms with van der Waals surface area (Å²) in [5, 5.41) is 9.35. The second-order valence-corrected chi connectivity index (χ2v) is 10.8. The van der Waals surface area contributed by atoms with E-state index in [0.29, 0.717) is 11.7 Å². The summed E-state index contributed by atoms with van der Waals surface area (Å²) < 4.78 is 2.20. The first-order chi connectivity index (χ1) is 19.9. The van der Waals surface area contributed by atoms with Crippen LogP contribution in [0.3, 0.4) is 0 Å². The predicted molar refractivity (Wildman–Crippen MR) is 167 cm³/mol. The van der Waals surface area contributed by atoms with Gasteiger partial charge in [0.2, 0.25) is 5.91 Å². The van der Waals surface area contributed by atoms with Crippen molar-refractivity contribution in [3.8, 4) is 5.82 Å². The molecule has 1 aliphatic heterocycles. The molecule has 8 heteroatoms. The Morgan fingerprint density at radius 3 is 2.54 bits per heavy atom. The molecule has 41 heavy (non-hydrogen) atoms. The zero-order chi connectivity index (χ0) is 28.5. The Labute approximate surface area is 245 Å². The number of rotatable bonds is 7. The number of hydrogen-bond acceptors (Lipinski definition) is 4. The Hall–Kier alpha value is -4.56. The fraction of sp³-hybridized carbons (Fsp3) is 0.212. The second kappa shape index (κ2) is 11.1. The van der Waals surface area contributed by atoms with Gasteiger partial charge in [-0.3, -0.25) is 9.78 Å². The highest BCUT2D eigenvalue weighted by Gasteiger charge is 2.41. The van der Waals surface area contributed by atoms with Gasteiger partial charge in [-0.15, -0.1) is 0 Å². The molecule has 0 aliphatic carbocycles. The Morgan fingerprint density at radius 2 is 1.73 bits per heavy atom. The van der Waals surface area contributed by atoms with Crippen LogP contribution in [-0.4, -0.2) is 37.0 Å². The van der Waals surface area contributed by atoms with Gasteiger partial charge in [-0.1, -0.05) is 48.5 Å². The van der Waals surface area contributed by atoms with E-state index in [0.717, 1.165) is 50.5 Å². The van der Waals surface area contributed by atoms with Gasteiger partial charge >= 0.3 is 0 Å². The Kier molecular flexibility index (Phi) is 7.24. The number of thiocarbonyl (C=S) groups is 1. The van der Waals surface area contributed by atoms with Crippen molar-refractivity contribution in [2.45, 2.75) is 39.3 Å². The van der Waals surface area contributed by atoms with Crippen molar-refractivity contribution in [1.82, 2.24) is 24.8 Å². The third kappa shape index (κ3) is 5.07. The fourth-order valence-corrected chi connectivity index (χ4v) is 6.21. The van der Waals surface area contributed by atoms with Crippen LogP contribution in [0, 0.1) is 20.8 Å². The highest BCUT2D eigenvalue weighted by molar-refractivity contribution is 7.80. The van der Waals surface area contributed by atoms with Gasteiger partial charge in [0.05, 0.1) is 17.8 Å². The van der Waals surface area contributed by atoms with E-state index in [9.17, 15) is 4.79 Å². The van der Waals surface area contributed by atoms with Gasteiger partial charge < -0.3 is 20.1 Å². The lowest BCUT2D eigenvalue weighted by atomic mass is 9.96. The molecule has 1 amide bonds. The molecule has 2 N–H and O–H groups in total. The number of nitrogens with one attached hydrogen (secondary N) is 2. The maximum absolute atomic E-state index is 13.2. The summed E-state index contributed by atoms with van der Waals surface area (Å²) in [6.07, 6.45) is 3.91. The number of hydrogen-bond donors (Lipinski definition) is 2. The number of fused-ring (bicyclic) bond motifs is 1. The lowest BCUT2D eigenvalue weighted by molar-refractivity contribution is -0.116. The fourth-order valence-electron chi connectivity index (χ4n) is 5.88. The van der Waals surface area contributed by atoms with E-state index >= 15 is 0 Å². The van der Waals surface area contributed by atoms with Crippen molar-refractivity contribution in [3.05, 3.63) is 119 Å². The zero-order valence-corrected chi connectivity index (χ0v) is 24.2. The van der Waals surface area contributed by atoms with E-state index in [1.165, 1.54) is 0 Å². The number of anilines is 1. The molecule has 2 aromatic carbocycles. The van der Waals surface area contributed by atoms with E-state index in [4.69, 9.17) is 12.2 Å². The molecule has 6 rings (SSSR count). The third-order valence-corrected chi connectivity index (χ3v) is 8.18. The Balaban J connectivity index is 1.32. The van der Waals surface area contributed by atoms with Crippen LogP contribution in [0.15, 0.2) is 91.3 Å². The molecule has 0 bridgehead atoms. The van der Waals surface area contributed by atoms with Crippen molar-refractivity contribution < 1.29 is 4.79 Å². The summed E-state index contributed by atoms with van der Waals surface area (Å²) >= 11 is 5.87. The van der Waals surface area contributed by atoms with Crippen LogP contribution >= 0.6 is 12.2 Å². The summed E-state index contributed by atoms with van der Waals surface area (Å²) in [7, 11) is 0. The van der Waals surface area contributed by atoms with Crippen LogP contribution in [0.2, 0.25) is 0 Å². The van der Waals surface area contributed by atoms with Gasteiger partial charge in [0.15, 0.2) is 5.11 Å². The molecule has 1 saturated heterocycles. The highest BCUT2D eigenvalue weighted by atomic mass is 32.1. The van der Waals surface area contributed by atoms with Crippen LogP contribution in [0.5, 0.6) is 0 Å². The largest absolute Gasteiger partial charge is 0.352 e. The van der Waals surface area contributed by atoms with E-state index in [1.807, 2.05) is 72.9 Å². The van der Waals surface area contributed by atoms with Crippen LogP contribution in [-0.2, 0) is 4.79 Å². The number of amides is 1.